The van der Waals surface area contributed by atoms with Crippen molar-refractivity contribution in [2.24, 2.45) is 0 Å². The maximum Gasteiger partial charge on any atom is 0.212 e. The number of benzene rings is 1. The van der Waals surface area contributed by atoms with Crippen LogP contribution in [0.15, 0.2) is 55.0 Å². The van der Waals surface area contributed by atoms with Gasteiger partial charge in [0, 0.05) is 40.4 Å². The minimum atomic E-state index is -0.507. The first kappa shape index (κ1) is 13.8. The van der Waals surface area contributed by atoms with E-state index in [1.165, 1.54) is 12.3 Å². The standard InChI is InChI=1S/C18H13F2N3/c19-6-8-23-16-5-7-21-11-15(16)14-3-1-12(9-17(14)23)13-2-4-18(20)22-10-13/h1-5,7,9-11H,6,8H2. The molecule has 0 unspecified atom stereocenters. The van der Waals surface area contributed by atoms with E-state index in [1.807, 2.05) is 28.8 Å². The first-order valence-corrected chi connectivity index (χ1v) is 7.32. The zero-order chi connectivity index (χ0) is 15.8. The third kappa shape index (κ3) is 2.25. The highest BCUT2D eigenvalue weighted by atomic mass is 19.1. The van der Waals surface area contributed by atoms with Gasteiger partial charge >= 0.3 is 0 Å². The predicted molar refractivity (Wildman–Crippen MR) is 86.4 cm³/mol. The van der Waals surface area contributed by atoms with Crippen LogP contribution in [0.1, 0.15) is 0 Å². The second kappa shape index (κ2) is 5.43. The molecule has 4 rings (SSSR count). The summed E-state index contributed by atoms with van der Waals surface area (Å²) in [5, 5.41) is 2.03. The average molecular weight is 309 g/mol. The minimum absolute atomic E-state index is 0.287. The summed E-state index contributed by atoms with van der Waals surface area (Å²) in [6.07, 6.45) is 5.01. The Labute approximate surface area is 131 Å². The third-order valence-corrected chi connectivity index (χ3v) is 4.04. The molecule has 0 fully saturated rings. The summed E-state index contributed by atoms with van der Waals surface area (Å²) in [7, 11) is 0. The molecule has 114 valence electrons. The number of rotatable bonds is 3. The van der Waals surface area contributed by atoms with Crippen molar-refractivity contribution in [3.63, 3.8) is 0 Å². The fraction of sp³-hybridized carbons (Fsp3) is 0.111. The second-order valence-electron chi connectivity index (χ2n) is 5.33. The number of pyridine rings is 2. The van der Waals surface area contributed by atoms with Gasteiger partial charge in [-0.1, -0.05) is 12.1 Å². The molecule has 0 bridgehead atoms. The summed E-state index contributed by atoms with van der Waals surface area (Å²) in [5.41, 5.74) is 3.64. The molecule has 3 aromatic heterocycles. The largest absolute Gasteiger partial charge is 0.338 e. The summed E-state index contributed by atoms with van der Waals surface area (Å²) >= 11 is 0. The van der Waals surface area contributed by atoms with Crippen LogP contribution in [0.5, 0.6) is 0 Å². The average Bonchev–Trinajstić information content (AvgIpc) is 2.90. The van der Waals surface area contributed by atoms with Gasteiger partial charge in [0.25, 0.3) is 0 Å². The number of hydrogen-bond acceptors (Lipinski definition) is 2. The van der Waals surface area contributed by atoms with Crippen molar-refractivity contribution in [2.45, 2.75) is 6.54 Å². The second-order valence-corrected chi connectivity index (χ2v) is 5.33. The maximum absolute atomic E-state index is 13.0. The number of nitrogens with zero attached hydrogens (tertiary/aromatic N) is 3. The van der Waals surface area contributed by atoms with Gasteiger partial charge in [-0.05, 0) is 29.8 Å². The summed E-state index contributed by atoms with van der Waals surface area (Å²) in [6.45, 7) is -0.154. The van der Waals surface area contributed by atoms with E-state index in [9.17, 15) is 8.78 Å². The third-order valence-electron chi connectivity index (χ3n) is 4.04. The van der Waals surface area contributed by atoms with E-state index in [-0.39, 0.29) is 6.54 Å². The van der Waals surface area contributed by atoms with Gasteiger partial charge in [0.15, 0.2) is 0 Å². The summed E-state index contributed by atoms with van der Waals surface area (Å²) < 4.78 is 27.9. The quantitative estimate of drug-likeness (QED) is 0.526. The zero-order valence-corrected chi connectivity index (χ0v) is 12.2. The van der Waals surface area contributed by atoms with Crippen molar-refractivity contribution in [1.82, 2.24) is 14.5 Å². The van der Waals surface area contributed by atoms with Crippen molar-refractivity contribution >= 4 is 21.8 Å². The number of fused-ring (bicyclic) bond motifs is 3. The Morgan fingerprint density at radius 1 is 0.913 bits per heavy atom. The van der Waals surface area contributed by atoms with E-state index in [4.69, 9.17) is 0 Å². The monoisotopic (exact) mass is 309 g/mol. The van der Waals surface area contributed by atoms with Gasteiger partial charge in [0.05, 0.1) is 12.1 Å². The van der Waals surface area contributed by atoms with Gasteiger partial charge in [0.1, 0.15) is 6.67 Å². The fourth-order valence-corrected chi connectivity index (χ4v) is 2.99. The smallest absolute Gasteiger partial charge is 0.212 e. The number of halogens is 2. The molecule has 0 N–H and O–H groups in total. The molecule has 0 aliphatic rings. The molecule has 3 heterocycles. The lowest BCUT2D eigenvalue weighted by Gasteiger charge is -2.06. The molecule has 0 atom stereocenters. The van der Waals surface area contributed by atoms with Crippen LogP contribution in [-0.2, 0) is 6.54 Å². The Kier molecular flexibility index (Phi) is 3.26. The van der Waals surface area contributed by atoms with Crippen LogP contribution in [0, 0.1) is 5.95 Å². The van der Waals surface area contributed by atoms with Crippen LogP contribution in [0.3, 0.4) is 0 Å². The summed E-state index contributed by atoms with van der Waals surface area (Å²) in [4.78, 5) is 7.86. The van der Waals surface area contributed by atoms with Crippen molar-refractivity contribution in [3.05, 3.63) is 60.9 Å². The summed E-state index contributed by atoms with van der Waals surface area (Å²) in [6, 6.07) is 10.9. The van der Waals surface area contributed by atoms with Crippen molar-refractivity contribution in [3.8, 4) is 11.1 Å². The lowest BCUT2D eigenvalue weighted by molar-refractivity contribution is 0.455. The van der Waals surface area contributed by atoms with Crippen LogP contribution in [0.25, 0.3) is 32.9 Å². The number of aromatic nitrogens is 3. The lowest BCUT2D eigenvalue weighted by Crippen LogP contribution is -1.99. The van der Waals surface area contributed by atoms with Crippen LogP contribution in [0.4, 0.5) is 8.78 Å². The maximum atomic E-state index is 13.0. The van der Waals surface area contributed by atoms with Gasteiger partial charge < -0.3 is 4.57 Å². The molecule has 0 saturated carbocycles. The molecular weight excluding hydrogens is 296 g/mol. The number of hydrogen-bond donors (Lipinski definition) is 0. The molecule has 5 heteroatoms. The van der Waals surface area contributed by atoms with Crippen LogP contribution in [-0.4, -0.2) is 21.2 Å². The van der Waals surface area contributed by atoms with E-state index >= 15 is 0 Å². The van der Waals surface area contributed by atoms with Crippen molar-refractivity contribution < 1.29 is 8.78 Å². The minimum Gasteiger partial charge on any atom is -0.338 e. The Bertz CT molecular complexity index is 990. The molecule has 0 radical (unpaired) electrons. The van der Waals surface area contributed by atoms with Crippen LogP contribution >= 0.6 is 0 Å². The molecule has 1 aromatic carbocycles. The van der Waals surface area contributed by atoms with E-state index in [0.29, 0.717) is 0 Å². The Morgan fingerprint density at radius 2 is 1.78 bits per heavy atom. The summed E-state index contributed by atoms with van der Waals surface area (Å²) in [5.74, 6) is -0.507. The highest BCUT2D eigenvalue weighted by Gasteiger charge is 2.11. The number of aryl methyl sites for hydroxylation is 1. The predicted octanol–water partition coefficient (Wildman–Crippen LogP) is 4.36. The lowest BCUT2D eigenvalue weighted by atomic mass is 10.1. The molecule has 3 nitrogen and oxygen atoms in total. The van der Waals surface area contributed by atoms with Gasteiger partial charge in [-0.15, -0.1) is 0 Å². The topological polar surface area (TPSA) is 30.7 Å². The van der Waals surface area contributed by atoms with Crippen molar-refractivity contribution in [2.75, 3.05) is 6.67 Å². The van der Waals surface area contributed by atoms with E-state index in [1.54, 1.807) is 18.5 Å². The van der Waals surface area contributed by atoms with Crippen molar-refractivity contribution in [1.29, 1.82) is 0 Å². The highest BCUT2D eigenvalue weighted by molar-refractivity contribution is 6.08. The fourth-order valence-electron chi connectivity index (χ4n) is 2.99. The SMILES string of the molecule is FCCn1c2ccncc2c2ccc(-c3ccc(F)nc3)cc21. The first-order chi connectivity index (χ1) is 11.3. The van der Waals surface area contributed by atoms with Gasteiger partial charge in [-0.2, -0.15) is 4.39 Å². The molecule has 0 saturated heterocycles. The Hall–Kier alpha value is -2.82. The van der Waals surface area contributed by atoms with E-state index < -0.39 is 12.6 Å². The van der Waals surface area contributed by atoms with Gasteiger partial charge in [-0.3, -0.25) is 4.98 Å². The van der Waals surface area contributed by atoms with Crippen LogP contribution < -0.4 is 0 Å². The zero-order valence-electron chi connectivity index (χ0n) is 12.2. The van der Waals surface area contributed by atoms with E-state index in [0.717, 1.165) is 32.9 Å². The van der Waals surface area contributed by atoms with Crippen LogP contribution in [0.2, 0.25) is 0 Å². The number of alkyl halides is 1. The molecule has 0 amide bonds. The van der Waals surface area contributed by atoms with Gasteiger partial charge in [-0.25, -0.2) is 9.37 Å². The molecule has 23 heavy (non-hydrogen) atoms. The molecule has 0 aliphatic carbocycles. The molecular formula is C18H13F2N3. The Morgan fingerprint density at radius 3 is 2.57 bits per heavy atom. The highest BCUT2D eigenvalue weighted by Crippen LogP contribution is 2.31. The Balaban J connectivity index is 1.98. The normalized spacial score (nSPS) is 11.4. The first-order valence-electron chi connectivity index (χ1n) is 7.32. The van der Waals surface area contributed by atoms with Gasteiger partial charge in [0.2, 0.25) is 5.95 Å². The van der Waals surface area contributed by atoms with E-state index in [2.05, 4.69) is 9.97 Å². The molecule has 4 aromatic rings. The molecule has 0 aliphatic heterocycles. The molecule has 0 spiro atoms.